The molecule has 0 saturated carbocycles. The van der Waals surface area contributed by atoms with Crippen molar-refractivity contribution in [1.82, 2.24) is 25.3 Å². The Balaban J connectivity index is 1.74. The molecule has 3 aromatic heterocycles. The average molecular weight is 610 g/mol. The zero-order valence-corrected chi connectivity index (χ0v) is 22.0. The van der Waals surface area contributed by atoms with Gasteiger partial charge in [-0.2, -0.15) is 0 Å². The summed E-state index contributed by atoms with van der Waals surface area (Å²) in [6.45, 7) is 3.96. The Morgan fingerprint density at radius 1 is 1.24 bits per heavy atom. The van der Waals surface area contributed by atoms with Gasteiger partial charge in [0.2, 0.25) is 0 Å². The van der Waals surface area contributed by atoms with Gasteiger partial charge >= 0.3 is 11.3 Å². The van der Waals surface area contributed by atoms with E-state index in [0.29, 0.717) is 23.0 Å². The van der Waals surface area contributed by atoms with E-state index < -0.39 is 11.3 Å². The number of hydrogen-bond donors (Lipinski definition) is 3. The third kappa shape index (κ3) is 5.94. The van der Waals surface area contributed by atoms with Crippen LogP contribution in [0, 0.1) is 0 Å². The highest BCUT2D eigenvalue weighted by Crippen LogP contribution is 2.54. The quantitative estimate of drug-likeness (QED) is 0.182. The lowest BCUT2D eigenvalue weighted by atomic mass is 10.0. The maximum atomic E-state index is 12.0. The minimum Gasteiger partial charge on any atom is -0.338 e. The molecule has 3 N–H and O–H groups in total. The van der Waals surface area contributed by atoms with Gasteiger partial charge in [0.25, 0.3) is 0 Å². The molecule has 34 heavy (non-hydrogen) atoms. The number of nitrogens with zero attached hydrogens (tertiary/aromatic N) is 4. The second-order valence-corrected chi connectivity index (χ2v) is 12.9. The number of amides is 2. The number of nitrogens with one attached hydrogen (secondary N) is 2. The number of thiazole rings is 1. The van der Waals surface area contributed by atoms with E-state index in [2.05, 4.69) is 30.6 Å². The van der Waals surface area contributed by atoms with Crippen molar-refractivity contribution in [3.8, 4) is 22.4 Å². The Morgan fingerprint density at radius 2 is 2.00 bits per heavy atom. The maximum absolute atomic E-state index is 12.0. The average Bonchev–Trinajstić information content (AvgIpc) is 3.20. The van der Waals surface area contributed by atoms with Gasteiger partial charge in [-0.1, -0.05) is 17.4 Å². The lowest BCUT2D eigenvalue weighted by Crippen LogP contribution is -2.28. The number of carbonyl (C=O) groups is 1. The van der Waals surface area contributed by atoms with Crippen molar-refractivity contribution in [3.05, 3.63) is 54.7 Å². The molecule has 0 saturated heterocycles. The summed E-state index contributed by atoms with van der Waals surface area (Å²) in [6.07, 6.45) is 4.23. The molecule has 0 aliphatic heterocycles. The summed E-state index contributed by atoms with van der Waals surface area (Å²) in [7, 11) is 0. The van der Waals surface area contributed by atoms with Gasteiger partial charge in [0.05, 0.1) is 38.0 Å². The number of fused-ring (bicyclic) bond motifs is 1. The molecule has 176 valence electrons. The van der Waals surface area contributed by atoms with Crippen LogP contribution in [0.25, 0.3) is 32.6 Å². The van der Waals surface area contributed by atoms with Crippen LogP contribution >= 0.6 is 38.6 Å². The zero-order valence-electron chi connectivity index (χ0n) is 18.1. The zero-order chi connectivity index (χ0) is 24.3. The number of carbonyl (C=O) groups excluding carboxylic acids is 1. The lowest BCUT2D eigenvalue weighted by Gasteiger charge is -2.13. The fourth-order valence-corrected chi connectivity index (χ4v) is 5.68. The number of aromatic nitrogens is 4. The van der Waals surface area contributed by atoms with E-state index in [4.69, 9.17) is 4.52 Å². The first-order valence-electron chi connectivity index (χ1n) is 10.2. The molecule has 0 fully saturated rings. The van der Waals surface area contributed by atoms with E-state index in [9.17, 15) is 14.3 Å². The van der Waals surface area contributed by atoms with Crippen LogP contribution in [0.5, 0.6) is 0 Å². The molecule has 10 nitrogen and oxygen atoms in total. The number of anilines is 1. The molecule has 4 aromatic rings. The third-order valence-electron chi connectivity index (χ3n) is 4.65. The largest absolute Gasteiger partial charge is 0.387 e. The minimum absolute atomic E-state index is 0.294. The van der Waals surface area contributed by atoms with Crippen molar-refractivity contribution in [1.29, 1.82) is 0 Å². The summed E-state index contributed by atoms with van der Waals surface area (Å²) in [6, 6.07) is 9.21. The van der Waals surface area contributed by atoms with E-state index >= 15 is 0 Å². The monoisotopic (exact) mass is 610 g/mol. The van der Waals surface area contributed by atoms with E-state index in [-0.39, 0.29) is 6.03 Å². The normalized spacial score (nSPS) is 13.9. The summed E-state index contributed by atoms with van der Waals surface area (Å²) in [5, 5.41) is 2.23. The van der Waals surface area contributed by atoms with Gasteiger partial charge < -0.3 is 10.2 Å². The predicted octanol–water partition coefficient (Wildman–Crippen LogP) is 5.57. The smallest absolute Gasteiger partial charge is 0.338 e. The van der Waals surface area contributed by atoms with Crippen molar-refractivity contribution >= 4 is 60.0 Å². The maximum Gasteiger partial charge on any atom is 0.387 e. The summed E-state index contributed by atoms with van der Waals surface area (Å²) < 4.78 is 17.5. The number of hydrogen-bond acceptors (Lipinski definition) is 8. The number of benzene rings is 1. The van der Waals surface area contributed by atoms with Crippen molar-refractivity contribution < 1.29 is 18.8 Å². The summed E-state index contributed by atoms with van der Waals surface area (Å²) in [5.41, 5.74) is 3.86. The van der Waals surface area contributed by atoms with Crippen molar-refractivity contribution in [3.63, 3.8) is 0 Å². The lowest BCUT2D eigenvalue weighted by molar-refractivity contribution is 0.198. The van der Waals surface area contributed by atoms with Crippen LogP contribution in [-0.2, 0) is 9.09 Å². The van der Waals surface area contributed by atoms with Gasteiger partial charge in [0.15, 0.2) is 11.0 Å². The van der Waals surface area contributed by atoms with Crippen LogP contribution in [-0.4, -0.2) is 37.4 Å². The number of rotatable bonds is 7. The van der Waals surface area contributed by atoms with Crippen LogP contribution < -0.4 is 10.6 Å². The summed E-state index contributed by atoms with van der Waals surface area (Å²) >= 11 is 2.72. The van der Waals surface area contributed by atoms with E-state index in [1.165, 1.54) is 33.4 Å². The van der Waals surface area contributed by atoms with Crippen molar-refractivity contribution in [2.24, 2.45) is 0 Å². The molecule has 0 aliphatic carbocycles. The molecular weight excluding hydrogens is 590 g/mol. The van der Waals surface area contributed by atoms with E-state index in [1.54, 1.807) is 25.5 Å². The predicted molar refractivity (Wildman–Crippen MR) is 140 cm³/mol. The molecule has 0 radical (unpaired) electrons. The van der Waals surface area contributed by atoms with Gasteiger partial charge in [0, 0.05) is 36.3 Å². The molecule has 2 amide bonds. The SMILES string of the molecule is CCNC(=O)Nc1nc2cc(-c3cnc([C@H](C)OP(=O)(O)I)nc3)cc(-c3ccccn3)c2s1. The third-order valence-corrected chi connectivity index (χ3v) is 6.92. The summed E-state index contributed by atoms with van der Waals surface area (Å²) in [5.74, 6) is 0.294. The fourth-order valence-electron chi connectivity index (χ4n) is 3.21. The molecule has 4 rings (SSSR count). The number of urea groups is 1. The van der Waals surface area contributed by atoms with Gasteiger partial charge in [0.1, 0.15) is 6.10 Å². The van der Waals surface area contributed by atoms with Gasteiger partial charge in [-0.25, -0.2) is 24.3 Å². The molecule has 0 bridgehead atoms. The van der Waals surface area contributed by atoms with Crippen molar-refractivity contribution in [2.75, 3.05) is 11.9 Å². The van der Waals surface area contributed by atoms with Gasteiger partial charge in [-0.3, -0.25) is 14.8 Å². The van der Waals surface area contributed by atoms with Crippen LogP contribution in [0.3, 0.4) is 0 Å². The Morgan fingerprint density at radius 3 is 2.65 bits per heavy atom. The van der Waals surface area contributed by atoms with Crippen molar-refractivity contribution in [2.45, 2.75) is 20.0 Å². The Labute approximate surface area is 212 Å². The highest BCUT2D eigenvalue weighted by atomic mass is 127. The van der Waals surface area contributed by atoms with Crippen LogP contribution in [0.2, 0.25) is 0 Å². The standard InChI is InChI=1S/C21H20IN6O4PS/c1-3-23-20(29)28-21-27-17-9-13(8-15(18(17)34-21)16-6-4-5-7-24-16)14-10-25-19(26-11-14)12(2)32-33(22,30)31/h4-12H,3H2,1-2H3,(H,30,31)(H2,23,27,28,29)/t12-/m0/s1. The van der Waals surface area contributed by atoms with Gasteiger partial charge in [-0.05, 0) is 43.7 Å². The molecule has 0 spiro atoms. The Bertz CT molecular complexity index is 1360. The van der Waals surface area contributed by atoms with E-state index in [1.807, 2.05) is 37.3 Å². The molecule has 13 heteroatoms. The molecule has 1 unspecified atom stereocenters. The van der Waals surface area contributed by atoms with E-state index in [0.717, 1.165) is 27.1 Å². The molecule has 1 aromatic carbocycles. The fraction of sp³-hybridized carbons (Fsp3) is 0.190. The topological polar surface area (TPSA) is 139 Å². The first-order chi connectivity index (χ1) is 16.2. The number of halogens is 1. The molecule has 3 heterocycles. The van der Waals surface area contributed by atoms with Crippen LogP contribution in [0.1, 0.15) is 25.8 Å². The highest BCUT2D eigenvalue weighted by Gasteiger charge is 2.21. The van der Waals surface area contributed by atoms with Gasteiger partial charge in [-0.15, -0.1) is 0 Å². The minimum atomic E-state index is -3.70. The highest BCUT2D eigenvalue weighted by molar-refractivity contribution is 14.2. The first kappa shape index (κ1) is 24.6. The van der Waals surface area contributed by atoms with Crippen LogP contribution in [0.4, 0.5) is 9.93 Å². The Hall–Kier alpha value is -2.51. The molecular formula is C21H20IN6O4PS. The summed E-state index contributed by atoms with van der Waals surface area (Å²) in [4.78, 5) is 39.1. The molecule has 2 atom stereocenters. The first-order valence-corrected chi connectivity index (χ1v) is 15.4. The second kappa shape index (κ2) is 10.4. The number of pyridine rings is 1. The Kier molecular flexibility index (Phi) is 7.53. The van der Waals surface area contributed by atoms with Crippen LogP contribution in [0.15, 0.2) is 48.9 Å². The molecule has 0 aliphatic rings. The second-order valence-electron chi connectivity index (χ2n) is 7.12.